The zero-order valence-corrected chi connectivity index (χ0v) is 19.5. The normalized spacial score (nSPS) is 17.4. The lowest BCUT2D eigenvalue weighted by Gasteiger charge is -2.40. The number of carboxylic acid groups (broad SMARTS) is 1. The molecule has 3 aromatic rings. The van der Waals surface area contributed by atoms with Crippen molar-refractivity contribution in [3.63, 3.8) is 0 Å². The molecular weight excluding hydrogens is 459 g/mol. The molecule has 0 spiro atoms. The van der Waals surface area contributed by atoms with Crippen molar-refractivity contribution in [1.82, 2.24) is 9.30 Å². The van der Waals surface area contributed by atoms with Crippen molar-refractivity contribution < 1.29 is 19.0 Å². The predicted molar refractivity (Wildman–Crippen MR) is 127 cm³/mol. The number of carbonyl (C=O) groups is 1. The Bertz CT molecular complexity index is 1260. The van der Waals surface area contributed by atoms with Crippen LogP contribution in [0, 0.1) is 5.82 Å². The van der Waals surface area contributed by atoms with Crippen LogP contribution in [0.15, 0.2) is 27.4 Å². The number of thiazole rings is 1. The summed E-state index contributed by atoms with van der Waals surface area (Å²) in [6.07, 6.45) is 2.98. The standard InChI is InChI=1S/C21H23FN4O4S.ClH/c1-23-9-13-16-14(26-6-7-31-20(26)17(19(16)27)21(28)29)8-15(18(13)22)25-5-4-24(2)12(10-25)11-30-3;/h6-9,12H,4-5,10-11H2,1-3H3,(H,28,29);1H. The number of anilines is 1. The van der Waals surface area contributed by atoms with Crippen LogP contribution in [-0.4, -0.2) is 80.1 Å². The number of aromatic nitrogens is 1. The van der Waals surface area contributed by atoms with Gasteiger partial charge in [-0.1, -0.05) is 0 Å². The van der Waals surface area contributed by atoms with Crippen LogP contribution in [0.2, 0.25) is 0 Å². The molecule has 32 heavy (non-hydrogen) atoms. The zero-order chi connectivity index (χ0) is 22.3. The second-order valence-corrected chi connectivity index (χ2v) is 8.42. The molecule has 1 unspecified atom stereocenters. The van der Waals surface area contributed by atoms with Crippen LogP contribution in [0.1, 0.15) is 15.9 Å². The van der Waals surface area contributed by atoms with Gasteiger partial charge in [-0.25, -0.2) is 9.18 Å². The highest BCUT2D eigenvalue weighted by atomic mass is 35.5. The third-order valence-electron chi connectivity index (χ3n) is 5.75. The number of aromatic carboxylic acids is 1. The molecule has 0 bridgehead atoms. The number of hydrogen-bond donors (Lipinski definition) is 1. The van der Waals surface area contributed by atoms with E-state index in [4.69, 9.17) is 4.74 Å². The molecule has 2 aromatic heterocycles. The molecule has 1 atom stereocenters. The number of ether oxygens (including phenoxy) is 1. The zero-order valence-electron chi connectivity index (χ0n) is 17.9. The van der Waals surface area contributed by atoms with Crippen molar-refractivity contribution in [3.8, 4) is 0 Å². The molecule has 0 aliphatic carbocycles. The van der Waals surface area contributed by atoms with Crippen molar-refractivity contribution in [2.45, 2.75) is 6.04 Å². The number of benzene rings is 1. The third kappa shape index (κ3) is 3.88. The fourth-order valence-electron chi connectivity index (χ4n) is 4.16. The van der Waals surface area contributed by atoms with E-state index in [2.05, 4.69) is 9.89 Å². The summed E-state index contributed by atoms with van der Waals surface area (Å²) in [5.74, 6) is -1.92. The molecule has 1 saturated heterocycles. The van der Waals surface area contributed by atoms with Gasteiger partial charge in [0.2, 0.25) is 5.43 Å². The Labute approximate surface area is 193 Å². The van der Waals surface area contributed by atoms with Crippen LogP contribution in [-0.2, 0) is 4.74 Å². The number of pyridine rings is 1. The van der Waals surface area contributed by atoms with Gasteiger partial charge in [0.25, 0.3) is 0 Å². The van der Waals surface area contributed by atoms with Gasteiger partial charge < -0.3 is 19.1 Å². The molecule has 0 saturated carbocycles. The van der Waals surface area contributed by atoms with E-state index >= 15 is 4.39 Å². The van der Waals surface area contributed by atoms with Gasteiger partial charge in [0, 0.05) is 57.1 Å². The van der Waals surface area contributed by atoms with Crippen molar-refractivity contribution in [2.24, 2.45) is 4.99 Å². The average molecular weight is 483 g/mol. The van der Waals surface area contributed by atoms with E-state index in [1.54, 1.807) is 29.2 Å². The largest absolute Gasteiger partial charge is 0.477 e. The van der Waals surface area contributed by atoms with Gasteiger partial charge in [-0.05, 0) is 13.1 Å². The molecule has 8 nitrogen and oxygen atoms in total. The molecule has 1 aliphatic rings. The van der Waals surface area contributed by atoms with Crippen molar-refractivity contribution in [2.75, 3.05) is 52.3 Å². The van der Waals surface area contributed by atoms with E-state index in [0.29, 0.717) is 35.7 Å². The number of hydrogen-bond acceptors (Lipinski definition) is 7. The van der Waals surface area contributed by atoms with Gasteiger partial charge in [-0.3, -0.25) is 14.7 Å². The minimum atomic E-state index is -1.34. The average Bonchev–Trinajstić information content (AvgIpc) is 3.21. The van der Waals surface area contributed by atoms with E-state index in [1.807, 2.05) is 11.9 Å². The van der Waals surface area contributed by atoms with Crippen LogP contribution < -0.4 is 10.3 Å². The topological polar surface area (TPSA) is 86.8 Å². The highest BCUT2D eigenvalue weighted by Crippen LogP contribution is 2.32. The maximum atomic E-state index is 15.8. The van der Waals surface area contributed by atoms with E-state index in [0.717, 1.165) is 17.9 Å². The van der Waals surface area contributed by atoms with Gasteiger partial charge in [0.15, 0.2) is 5.82 Å². The number of fused-ring (bicyclic) bond motifs is 3. The summed E-state index contributed by atoms with van der Waals surface area (Å²) in [6, 6.07) is 1.73. The summed E-state index contributed by atoms with van der Waals surface area (Å²) in [4.78, 5) is 33.3. The first-order valence-corrected chi connectivity index (χ1v) is 10.6. The lowest BCUT2D eigenvalue weighted by Crippen LogP contribution is -2.53. The van der Waals surface area contributed by atoms with Crippen molar-refractivity contribution in [3.05, 3.63) is 44.8 Å². The van der Waals surface area contributed by atoms with Crippen LogP contribution in [0.25, 0.3) is 15.7 Å². The maximum absolute atomic E-state index is 15.8. The fourth-order valence-corrected chi connectivity index (χ4v) is 5.04. The fraction of sp³-hybridized carbons (Fsp3) is 0.381. The molecule has 0 amide bonds. The molecule has 1 aliphatic heterocycles. The highest BCUT2D eigenvalue weighted by Gasteiger charge is 2.29. The molecule has 0 radical (unpaired) electrons. The van der Waals surface area contributed by atoms with Gasteiger partial charge in [0.05, 0.1) is 29.2 Å². The Morgan fingerprint density at radius 2 is 2.19 bits per heavy atom. The molecule has 3 heterocycles. The summed E-state index contributed by atoms with van der Waals surface area (Å²) >= 11 is 1.16. The van der Waals surface area contributed by atoms with E-state index < -0.39 is 17.2 Å². The highest BCUT2D eigenvalue weighted by molar-refractivity contribution is 7.16. The number of likely N-dealkylation sites (N-methyl/N-ethyl adjacent to an activating group) is 1. The smallest absolute Gasteiger partial charge is 0.342 e. The van der Waals surface area contributed by atoms with E-state index in [9.17, 15) is 14.7 Å². The Morgan fingerprint density at radius 1 is 1.44 bits per heavy atom. The Balaban J connectivity index is 0.00000289. The molecule has 1 N–H and O–H groups in total. The second kappa shape index (κ2) is 9.53. The number of carboxylic acids is 1. The number of halogens is 2. The lowest BCUT2D eigenvalue weighted by atomic mass is 10.0. The van der Waals surface area contributed by atoms with Gasteiger partial charge in [-0.15, -0.1) is 23.7 Å². The number of methoxy groups -OCH3 is 1. The monoisotopic (exact) mass is 482 g/mol. The SMILES string of the molecule is CN=Cc1c(F)c(N2CCN(C)C(COC)C2)cc2c1c(=O)c(C(=O)O)c1sccn12.Cl. The number of nitrogens with zero attached hydrogens (tertiary/aromatic N) is 4. The second-order valence-electron chi connectivity index (χ2n) is 7.53. The Hall–Kier alpha value is -2.53. The minimum Gasteiger partial charge on any atom is -0.477 e. The lowest BCUT2D eigenvalue weighted by molar-refractivity contribution is 0.0697. The molecule has 4 rings (SSSR count). The number of aliphatic imine (C=N–C) groups is 1. The predicted octanol–water partition coefficient (Wildman–Crippen LogP) is 2.59. The summed E-state index contributed by atoms with van der Waals surface area (Å²) < 4.78 is 22.7. The van der Waals surface area contributed by atoms with Crippen LogP contribution in [0.3, 0.4) is 0 Å². The molecule has 1 fully saturated rings. The van der Waals surface area contributed by atoms with Crippen LogP contribution >= 0.6 is 23.7 Å². The Morgan fingerprint density at radius 3 is 2.84 bits per heavy atom. The molecular formula is C21H24ClFN4O4S. The minimum absolute atomic E-state index is 0. The van der Waals surface area contributed by atoms with Crippen LogP contribution in [0.5, 0.6) is 0 Å². The summed E-state index contributed by atoms with van der Waals surface area (Å²) in [7, 11) is 5.13. The summed E-state index contributed by atoms with van der Waals surface area (Å²) in [5, 5.41) is 11.4. The first kappa shape index (κ1) is 24.1. The quantitative estimate of drug-likeness (QED) is 0.562. The first-order chi connectivity index (χ1) is 14.9. The summed E-state index contributed by atoms with van der Waals surface area (Å²) in [6.45, 7) is 2.41. The number of piperazine rings is 1. The van der Waals surface area contributed by atoms with Crippen molar-refractivity contribution in [1.29, 1.82) is 0 Å². The molecule has 1 aromatic carbocycles. The number of rotatable bonds is 5. The van der Waals surface area contributed by atoms with Crippen LogP contribution in [0.4, 0.5) is 10.1 Å². The van der Waals surface area contributed by atoms with Crippen molar-refractivity contribution >= 4 is 57.3 Å². The summed E-state index contributed by atoms with van der Waals surface area (Å²) in [5.41, 5.74) is -0.245. The molecule has 11 heteroatoms. The third-order valence-corrected chi connectivity index (χ3v) is 6.63. The first-order valence-electron chi connectivity index (χ1n) is 9.76. The van der Waals surface area contributed by atoms with E-state index in [-0.39, 0.29) is 35.0 Å². The van der Waals surface area contributed by atoms with Gasteiger partial charge >= 0.3 is 5.97 Å². The van der Waals surface area contributed by atoms with E-state index in [1.165, 1.54) is 13.3 Å². The maximum Gasteiger partial charge on any atom is 0.342 e. The van der Waals surface area contributed by atoms with Gasteiger partial charge in [-0.2, -0.15) is 0 Å². The Kier molecular flexibility index (Phi) is 7.19. The molecule has 172 valence electrons. The van der Waals surface area contributed by atoms with Gasteiger partial charge in [0.1, 0.15) is 10.4 Å².